The molecule has 5 nitrogen and oxygen atoms in total. The van der Waals surface area contributed by atoms with E-state index in [1.54, 1.807) is 6.20 Å². The third-order valence-corrected chi connectivity index (χ3v) is 4.13. The Hall–Kier alpha value is -1.07. The summed E-state index contributed by atoms with van der Waals surface area (Å²) >= 11 is 0. The number of hydrogen-bond donors (Lipinski definition) is 1. The van der Waals surface area contributed by atoms with E-state index in [0.29, 0.717) is 18.0 Å². The Balaban J connectivity index is 0.00000220. The third-order valence-electron chi connectivity index (χ3n) is 4.13. The molecular formula is C15H27ClN4O. The highest BCUT2D eigenvalue weighted by molar-refractivity contribution is 5.95. The fourth-order valence-corrected chi connectivity index (χ4v) is 3.05. The lowest BCUT2D eigenvalue weighted by Crippen LogP contribution is -2.35. The van der Waals surface area contributed by atoms with E-state index in [-0.39, 0.29) is 29.9 Å². The van der Waals surface area contributed by atoms with Gasteiger partial charge in [-0.25, -0.2) is 0 Å². The smallest absolute Gasteiger partial charge is 0.257 e. The predicted octanol–water partition coefficient (Wildman–Crippen LogP) is 2.18. The van der Waals surface area contributed by atoms with Crippen LogP contribution in [0.5, 0.6) is 0 Å². The number of aromatic nitrogens is 2. The fraction of sp³-hybridized carbons (Fsp3) is 0.733. The Morgan fingerprint density at radius 2 is 2.10 bits per heavy atom. The maximum Gasteiger partial charge on any atom is 0.257 e. The number of halogens is 1. The van der Waals surface area contributed by atoms with E-state index in [2.05, 4.69) is 32.8 Å². The molecule has 0 saturated carbocycles. The Bertz CT molecular complexity index is 506. The minimum absolute atomic E-state index is 0. The van der Waals surface area contributed by atoms with Crippen LogP contribution in [0.1, 0.15) is 50.2 Å². The molecule has 0 aliphatic carbocycles. The van der Waals surface area contributed by atoms with Crippen molar-refractivity contribution in [3.63, 3.8) is 0 Å². The third kappa shape index (κ3) is 3.40. The van der Waals surface area contributed by atoms with Crippen LogP contribution in [0.3, 0.4) is 0 Å². The molecule has 0 bridgehead atoms. The average molecular weight is 315 g/mol. The van der Waals surface area contributed by atoms with Crippen molar-refractivity contribution in [1.29, 1.82) is 0 Å². The van der Waals surface area contributed by atoms with E-state index in [4.69, 9.17) is 5.73 Å². The van der Waals surface area contributed by atoms with Crippen molar-refractivity contribution in [2.75, 3.05) is 13.1 Å². The Morgan fingerprint density at radius 3 is 2.52 bits per heavy atom. The van der Waals surface area contributed by atoms with E-state index in [1.807, 2.05) is 16.5 Å². The zero-order valence-corrected chi connectivity index (χ0v) is 14.4. The van der Waals surface area contributed by atoms with E-state index in [0.717, 1.165) is 18.7 Å². The largest absolute Gasteiger partial charge is 0.335 e. The van der Waals surface area contributed by atoms with Gasteiger partial charge in [-0.05, 0) is 53.5 Å². The average Bonchev–Trinajstić information content (AvgIpc) is 2.91. The molecule has 2 heterocycles. The quantitative estimate of drug-likeness (QED) is 0.910. The molecule has 6 heteroatoms. The molecule has 1 amide bonds. The standard InChI is InChI=1S/C15H26N4O.ClH/c1-10-6-12(7-16)9-18(10)14(20)13-8-17-19(11(13)2)15(3,4)5;/h8,10,12H,6-7,9,16H2,1-5H3;1H. The van der Waals surface area contributed by atoms with Gasteiger partial charge < -0.3 is 10.6 Å². The van der Waals surface area contributed by atoms with Gasteiger partial charge in [0.15, 0.2) is 0 Å². The molecule has 1 saturated heterocycles. The minimum atomic E-state index is -0.112. The molecule has 1 aromatic rings. The first kappa shape index (κ1) is 18.0. The maximum absolute atomic E-state index is 12.7. The van der Waals surface area contributed by atoms with Crippen LogP contribution in [0.2, 0.25) is 0 Å². The lowest BCUT2D eigenvalue weighted by Gasteiger charge is -2.23. The summed E-state index contributed by atoms with van der Waals surface area (Å²) in [6.07, 6.45) is 2.69. The SMILES string of the molecule is Cc1c(C(=O)N2CC(CN)CC2C)cnn1C(C)(C)C.Cl. The molecule has 21 heavy (non-hydrogen) atoms. The van der Waals surface area contributed by atoms with Crippen LogP contribution in [0.15, 0.2) is 6.20 Å². The molecule has 1 aliphatic rings. The van der Waals surface area contributed by atoms with Gasteiger partial charge in [0.1, 0.15) is 0 Å². The van der Waals surface area contributed by atoms with Gasteiger partial charge in [0, 0.05) is 18.3 Å². The summed E-state index contributed by atoms with van der Waals surface area (Å²) in [6, 6.07) is 0.258. The number of likely N-dealkylation sites (tertiary alicyclic amines) is 1. The van der Waals surface area contributed by atoms with Crippen molar-refractivity contribution in [3.05, 3.63) is 17.5 Å². The van der Waals surface area contributed by atoms with E-state index >= 15 is 0 Å². The summed E-state index contributed by atoms with van der Waals surface area (Å²) in [4.78, 5) is 14.7. The molecule has 2 rings (SSSR count). The molecule has 1 fully saturated rings. The summed E-state index contributed by atoms with van der Waals surface area (Å²) in [5.41, 5.74) is 7.27. The molecule has 0 aromatic carbocycles. The van der Waals surface area contributed by atoms with Gasteiger partial charge in [0.05, 0.1) is 17.3 Å². The van der Waals surface area contributed by atoms with Gasteiger partial charge in [-0.2, -0.15) is 5.10 Å². The highest BCUT2D eigenvalue weighted by Crippen LogP contribution is 2.26. The van der Waals surface area contributed by atoms with E-state index < -0.39 is 0 Å². The summed E-state index contributed by atoms with van der Waals surface area (Å²) in [7, 11) is 0. The van der Waals surface area contributed by atoms with Crippen molar-refractivity contribution < 1.29 is 4.79 Å². The van der Waals surface area contributed by atoms with Crippen molar-refractivity contribution in [3.8, 4) is 0 Å². The zero-order valence-electron chi connectivity index (χ0n) is 13.6. The van der Waals surface area contributed by atoms with Crippen LogP contribution in [0, 0.1) is 12.8 Å². The predicted molar refractivity (Wildman–Crippen MR) is 86.9 cm³/mol. The molecule has 0 spiro atoms. The van der Waals surface area contributed by atoms with Gasteiger partial charge >= 0.3 is 0 Å². The zero-order chi connectivity index (χ0) is 15.1. The van der Waals surface area contributed by atoms with Crippen molar-refractivity contribution >= 4 is 18.3 Å². The number of rotatable bonds is 2. The van der Waals surface area contributed by atoms with Crippen molar-refractivity contribution in [1.82, 2.24) is 14.7 Å². The van der Waals surface area contributed by atoms with Crippen LogP contribution in [-0.2, 0) is 5.54 Å². The first-order chi connectivity index (χ1) is 9.25. The molecule has 2 N–H and O–H groups in total. The van der Waals surface area contributed by atoms with Gasteiger partial charge in [0.25, 0.3) is 5.91 Å². The number of nitrogens with two attached hydrogens (primary N) is 1. The van der Waals surface area contributed by atoms with Gasteiger partial charge in [-0.1, -0.05) is 0 Å². The lowest BCUT2D eigenvalue weighted by atomic mass is 10.1. The molecule has 1 aromatic heterocycles. The molecule has 2 atom stereocenters. The number of hydrogen-bond acceptors (Lipinski definition) is 3. The van der Waals surface area contributed by atoms with Crippen LogP contribution in [0.4, 0.5) is 0 Å². The monoisotopic (exact) mass is 314 g/mol. The topological polar surface area (TPSA) is 64.2 Å². The number of nitrogens with zero attached hydrogens (tertiary/aromatic N) is 3. The Morgan fingerprint density at radius 1 is 1.48 bits per heavy atom. The molecule has 1 aliphatic heterocycles. The van der Waals surface area contributed by atoms with Crippen molar-refractivity contribution in [2.24, 2.45) is 11.7 Å². The lowest BCUT2D eigenvalue weighted by molar-refractivity contribution is 0.0742. The second-order valence-electron chi connectivity index (χ2n) is 6.87. The summed E-state index contributed by atoms with van der Waals surface area (Å²) in [5.74, 6) is 0.508. The first-order valence-corrected chi connectivity index (χ1v) is 7.31. The van der Waals surface area contributed by atoms with E-state index in [9.17, 15) is 4.79 Å². The second-order valence-corrected chi connectivity index (χ2v) is 6.87. The fourth-order valence-electron chi connectivity index (χ4n) is 3.05. The Kier molecular flexibility index (Phi) is 5.45. The molecular weight excluding hydrogens is 288 g/mol. The molecule has 0 radical (unpaired) electrons. The minimum Gasteiger partial charge on any atom is -0.335 e. The highest BCUT2D eigenvalue weighted by atomic mass is 35.5. The molecule has 120 valence electrons. The first-order valence-electron chi connectivity index (χ1n) is 7.31. The second kappa shape index (κ2) is 6.36. The normalized spacial score (nSPS) is 22.3. The number of carbonyl (C=O) groups excluding carboxylic acids is 1. The number of carbonyl (C=O) groups is 1. The summed E-state index contributed by atoms with van der Waals surface area (Å²) in [6.45, 7) is 11.7. The van der Waals surface area contributed by atoms with E-state index in [1.165, 1.54) is 0 Å². The van der Waals surface area contributed by atoms with Crippen LogP contribution >= 0.6 is 12.4 Å². The van der Waals surface area contributed by atoms with Crippen LogP contribution in [0.25, 0.3) is 0 Å². The summed E-state index contributed by atoms with van der Waals surface area (Å²) < 4.78 is 1.92. The van der Waals surface area contributed by atoms with Gasteiger partial charge in [-0.15, -0.1) is 12.4 Å². The highest BCUT2D eigenvalue weighted by Gasteiger charge is 2.34. The maximum atomic E-state index is 12.7. The summed E-state index contributed by atoms with van der Waals surface area (Å²) in [5, 5.41) is 4.39. The van der Waals surface area contributed by atoms with Crippen LogP contribution in [-0.4, -0.2) is 39.7 Å². The van der Waals surface area contributed by atoms with Crippen molar-refractivity contribution in [2.45, 2.75) is 52.6 Å². The Labute approximate surface area is 133 Å². The number of amides is 1. The van der Waals surface area contributed by atoms with Gasteiger partial charge in [-0.3, -0.25) is 9.48 Å². The van der Waals surface area contributed by atoms with Crippen LogP contribution < -0.4 is 5.73 Å². The van der Waals surface area contributed by atoms with Gasteiger partial charge in [0.2, 0.25) is 0 Å². The molecule has 2 unspecified atom stereocenters.